The first kappa shape index (κ1) is 17.3. The lowest BCUT2D eigenvalue weighted by atomic mass is 10.1. The van der Waals surface area contributed by atoms with Crippen LogP contribution < -0.4 is 5.76 Å². The third-order valence-corrected chi connectivity index (χ3v) is 7.09. The van der Waals surface area contributed by atoms with Gasteiger partial charge in [-0.2, -0.15) is 4.31 Å². The van der Waals surface area contributed by atoms with Crippen LogP contribution in [0, 0.1) is 0 Å². The molecule has 3 aromatic rings. The van der Waals surface area contributed by atoms with Gasteiger partial charge >= 0.3 is 5.76 Å². The van der Waals surface area contributed by atoms with Crippen molar-refractivity contribution in [3.63, 3.8) is 0 Å². The van der Waals surface area contributed by atoms with Crippen LogP contribution in [0.15, 0.2) is 56.6 Å². The van der Waals surface area contributed by atoms with E-state index in [1.165, 1.54) is 21.0 Å². The normalized spacial score (nSPS) is 18.6. The molecule has 1 aromatic heterocycles. The van der Waals surface area contributed by atoms with Crippen LogP contribution >= 0.6 is 11.6 Å². The van der Waals surface area contributed by atoms with E-state index in [9.17, 15) is 13.2 Å². The number of sulfonamides is 1. The number of hydrogen-bond acceptors (Lipinski definition) is 4. The molecule has 2 aromatic carbocycles. The molecule has 1 fully saturated rings. The molecule has 0 spiro atoms. The Morgan fingerprint density at radius 3 is 2.73 bits per heavy atom. The molecule has 0 bridgehead atoms. The Balaban J connectivity index is 1.78. The molecule has 1 aliphatic rings. The number of fused-ring (bicyclic) bond motifs is 1. The van der Waals surface area contributed by atoms with Gasteiger partial charge in [0.1, 0.15) is 0 Å². The fraction of sp³-hybridized carbons (Fsp3) is 0.278. The zero-order valence-corrected chi connectivity index (χ0v) is 15.6. The summed E-state index contributed by atoms with van der Waals surface area (Å²) in [6.07, 6.45) is 1.48. The Kier molecular flexibility index (Phi) is 4.17. The maximum atomic E-state index is 13.2. The summed E-state index contributed by atoms with van der Waals surface area (Å²) in [7, 11) is -2.16. The predicted octanol–water partition coefficient (Wildman–Crippen LogP) is 3.31. The van der Waals surface area contributed by atoms with Crippen molar-refractivity contribution < 1.29 is 12.8 Å². The van der Waals surface area contributed by atoms with E-state index < -0.39 is 15.8 Å². The molecule has 1 atom stereocenters. The van der Waals surface area contributed by atoms with Crippen molar-refractivity contribution in [2.24, 2.45) is 7.05 Å². The van der Waals surface area contributed by atoms with E-state index >= 15 is 0 Å². The summed E-state index contributed by atoms with van der Waals surface area (Å²) in [4.78, 5) is 11.8. The second-order valence-corrected chi connectivity index (χ2v) is 8.65. The molecule has 0 aliphatic carbocycles. The second kappa shape index (κ2) is 6.26. The van der Waals surface area contributed by atoms with E-state index in [0.717, 1.165) is 12.0 Å². The minimum Gasteiger partial charge on any atom is -0.408 e. The topological polar surface area (TPSA) is 72.5 Å². The molecule has 0 saturated carbocycles. The second-order valence-electron chi connectivity index (χ2n) is 6.35. The fourth-order valence-electron chi connectivity index (χ4n) is 3.49. The summed E-state index contributed by atoms with van der Waals surface area (Å²) < 4.78 is 34.4. The lowest BCUT2D eigenvalue weighted by molar-refractivity contribution is 0.397. The Morgan fingerprint density at radius 2 is 1.96 bits per heavy atom. The first-order chi connectivity index (χ1) is 12.4. The Labute approximate surface area is 155 Å². The lowest BCUT2D eigenvalue weighted by Gasteiger charge is -2.25. The zero-order valence-electron chi connectivity index (χ0n) is 14.1. The van der Waals surface area contributed by atoms with E-state index in [4.69, 9.17) is 16.0 Å². The minimum atomic E-state index is -3.74. The first-order valence-corrected chi connectivity index (χ1v) is 10.1. The van der Waals surface area contributed by atoms with Gasteiger partial charge < -0.3 is 4.42 Å². The summed E-state index contributed by atoms with van der Waals surface area (Å²) in [5.41, 5.74) is 1.62. The van der Waals surface area contributed by atoms with E-state index in [1.807, 2.05) is 18.2 Å². The molecule has 1 saturated heterocycles. The SMILES string of the molecule is Cn1c(=O)oc2cc(S(=O)(=O)N3CCC[C@H]3c3ccccc3Cl)ccc21. The number of rotatable bonds is 3. The molecular formula is C18H17ClN2O4S. The average molecular weight is 393 g/mol. The van der Waals surface area contributed by atoms with Crippen LogP contribution in [0.25, 0.3) is 11.1 Å². The van der Waals surface area contributed by atoms with Crippen LogP contribution in [0.1, 0.15) is 24.4 Å². The van der Waals surface area contributed by atoms with E-state index in [-0.39, 0.29) is 16.5 Å². The predicted molar refractivity (Wildman–Crippen MR) is 98.8 cm³/mol. The molecule has 0 N–H and O–H groups in total. The molecule has 26 heavy (non-hydrogen) atoms. The third-order valence-electron chi connectivity index (χ3n) is 4.84. The van der Waals surface area contributed by atoms with Crippen LogP contribution in [0.5, 0.6) is 0 Å². The molecule has 8 heteroatoms. The molecule has 0 radical (unpaired) electrons. The highest BCUT2D eigenvalue weighted by molar-refractivity contribution is 7.89. The summed E-state index contributed by atoms with van der Waals surface area (Å²) in [6.45, 7) is 0.426. The van der Waals surface area contributed by atoms with Crippen LogP contribution in [-0.4, -0.2) is 23.8 Å². The van der Waals surface area contributed by atoms with Crippen molar-refractivity contribution in [1.82, 2.24) is 8.87 Å². The summed E-state index contributed by atoms with van der Waals surface area (Å²) in [5.74, 6) is -0.523. The highest BCUT2D eigenvalue weighted by Gasteiger charge is 2.37. The van der Waals surface area contributed by atoms with Gasteiger partial charge in [-0.3, -0.25) is 4.57 Å². The quantitative estimate of drug-likeness (QED) is 0.685. The van der Waals surface area contributed by atoms with Crippen molar-refractivity contribution in [3.8, 4) is 0 Å². The molecule has 0 unspecified atom stereocenters. The molecule has 0 amide bonds. The summed E-state index contributed by atoms with van der Waals surface area (Å²) >= 11 is 6.29. The van der Waals surface area contributed by atoms with Crippen molar-refractivity contribution in [2.45, 2.75) is 23.8 Å². The van der Waals surface area contributed by atoms with Crippen molar-refractivity contribution in [2.75, 3.05) is 6.54 Å². The van der Waals surface area contributed by atoms with E-state index in [0.29, 0.717) is 23.5 Å². The summed E-state index contributed by atoms with van der Waals surface area (Å²) in [6, 6.07) is 11.5. The first-order valence-electron chi connectivity index (χ1n) is 8.25. The zero-order chi connectivity index (χ0) is 18.5. The van der Waals surface area contributed by atoms with E-state index in [2.05, 4.69) is 0 Å². The molecular weight excluding hydrogens is 376 g/mol. The van der Waals surface area contributed by atoms with Gasteiger partial charge in [0.25, 0.3) is 0 Å². The van der Waals surface area contributed by atoms with Crippen LogP contribution in [0.3, 0.4) is 0 Å². The maximum absolute atomic E-state index is 13.2. The molecule has 4 rings (SSSR count). The number of benzene rings is 2. The van der Waals surface area contributed by atoms with Crippen molar-refractivity contribution in [3.05, 3.63) is 63.6 Å². The van der Waals surface area contributed by atoms with Gasteiger partial charge in [0, 0.05) is 24.7 Å². The van der Waals surface area contributed by atoms with Crippen molar-refractivity contribution in [1.29, 1.82) is 0 Å². The van der Waals surface area contributed by atoms with E-state index in [1.54, 1.807) is 19.2 Å². The fourth-order valence-corrected chi connectivity index (χ4v) is 5.45. The number of aromatic nitrogens is 1. The number of halogens is 1. The number of hydrogen-bond donors (Lipinski definition) is 0. The van der Waals surface area contributed by atoms with Crippen molar-refractivity contribution >= 4 is 32.7 Å². The molecule has 136 valence electrons. The standard InChI is InChI=1S/C18H17ClN2O4S/c1-20-16-9-8-12(11-17(16)25-18(20)22)26(23,24)21-10-4-7-15(21)13-5-2-3-6-14(13)19/h2-3,5-6,8-9,11,15H,4,7,10H2,1H3/t15-/m0/s1. The lowest BCUT2D eigenvalue weighted by Crippen LogP contribution is -2.30. The third kappa shape index (κ3) is 2.67. The van der Waals surface area contributed by atoms with Crippen LogP contribution in [0.2, 0.25) is 5.02 Å². The highest BCUT2D eigenvalue weighted by atomic mass is 35.5. The van der Waals surface area contributed by atoms with Crippen LogP contribution in [0.4, 0.5) is 0 Å². The largest absolute Gasteiger partial charge is 0.419 e. The molecule has 2 heterocycles. The Morgan fingerprint density at radius 1 is 1.19 bits per heavy atom. The smallest absolute Gasteiger partial charge is 0.408 e. The monoisotopic (exact) mass is 392 g/mol. The van der Waals surface area contributed by atoms with Gasteiger partial charge in [0.2, 0.25) is 10.0 Å². The maximum Gasteiger partial charge on any atom is 0.419 e. The van der Waals surface area contributed by atoms with Gasteiger partial charge in [-0.25, -0.2) is 13.2 Å². The minimum absolute atomic E-state index is 0.110. The van der Waals surface area contributed by atoms with Gasteiger partial charge in [-0.15, -0.1) is 0 Å². The van der Waals surface area contributed by atoms with Gasteiger partial charge in [0.15, 0.2) is 5.58 Å². The van der Waals surface area contributed by atoms with Gasteiger partial charge in [0.05, 0.1) is 16.5 Å². The molecule has 1 aliphatic heterocycles. The van der Waals surface area contributed by atoms with Crippen LogP contribution in [-0.2, 0) is 17.1 Å². The average Bonchev–Trinajstić information content (AvgIpc) is 3.21. The Hall–Kier alpha value is -2.09. The van der Waals surface area contributed by atoms with Gasteiger partial charge in [-0.1, -0.05) is 29.8 Å². The number of nitrogens with zero attached hydrogens (tertiary/aromatic N) is 2. The molecule has 6 nitrogen and oxygen atoms in total. The number of aryl methyl sites for hydroxylation is 1. The Bertz CT molecular complexity index is 1150. The summed E-state index contributed by atoms with van der Waals surface area (Å²) in [5, 5.41) is 0.559. The highest BCUT2D eigenvalue weighted by Crippen LogP contribution is 2.39. The number of oxazole rings is 1. The van der Waals surface area contributed by atoms with Gasteiger partial charge in [-0.05, 0) is 36.6 Å².